The van der Waals surface area contributed by atoms with Gasteiger partial charge in [-0.15, -0.1) is 0 Å². The fraction of sp³-hybridized carbons (Fsp3) is 0.217. The van der Waals surface area contributed by atoms with E-state index in [1.807, 2.05) is 56.3 Å². The van der Waals surface area contributed by atoms with Crippen molar-refractivity contribution in [3.05, 3.63) is 85.4 Å². The van der Waals surface area contributed by atoms with Crippen molar-refractivity contribution in [2.45, 2.75) is 26.7 Å². The Balaban J connectivity index is 1.91. The fourth-order valence-electron chi connectivity index (χ4n) is 3.68. The number of H-pyrrole nitrogens is 1. The smallest absolute Gasteiger partial charge is 0.259 e. The quantitative estimate of drug-likeness (QED) is 0.445. The largest absolute Gasteiger partial charge is 0.497 e. The van der Waals surface area contributed by atoms with Crippen LogP contribution in [-0.4, -0.2) is 21.9 Å². The normalized spacial score (nSPS) is 11.2. The van der Waals surface area contributed by atoms with Crippen molar-refractivity contribution in [1.29, 1.82) is 0 Å². The zero-order valence-electron chi connectivity index (χ0n) is 16.9. The molecule has 0 amide bonds. The van der Waals surface area contributed by atoms with Crippen LogP contribution in [0.25, 0.3) is 16.6 Å². The number of ether oxygens (including phenoxy) is 1. The van der Waals surface area contributed by atoms with E-state index in [0.717, 1.165) is 22.6 Å². The third-order valence-electron chi connectivity index (χ3n) is 5.04. The predicted octanol–water partition coefficient (Wildman–Crippen LogP) is 5.49. The number of nitrogens with one attached hydrogen (secondary N) is 1. The summed E-state index contributed by atoms with van der Waals surface area (Å²) in [5.41, 5.74) is 4.53. The highest BCUT2D eigenvalue weighted by Gasteiger charge is 2.19. The number of nitrogens with zero attached hydrogens (tertiary/aromatic N) is 2. The van der Waals surface area contributed by atoms with Gasteiger partial charge in [-0.2, -0.15) is 5.10 Å². The van der Waals surface area contributed by atoms with Gasteiger partial charge in [-0.3, -0.25) is 4.79 Å². The van der Waals surface area contributed by atoms with Crippen LogP contribution in [0.2, 0.25) is 10.0 Å². The van der Waals surface area contributed by atoms with Gasteiger partial charge in [0.05, 0.1) is 33.8 Å². The lowest BCUT2D eigenvalue weighted by Gasteiger charge is -2.10. The van der Waals surface area contributed by atoms with Crippen molar-refractivity contribution in [3.63, 3.8) is 0 Å². The van der Waals surface area contributed by atoms with E-state index in [9.17, 15) is 4.79 Å². The third kappa shape index (κ3) is 3.71. The van der Waals surface area contributed by atoms with Gasteiger partial charge in [0.15, 0.2) is 0 Å². The van der Waals surface area contributed by atoms with Crippen LogP contribution in [-0.2, 0) is 12.8 Å². The second-order valence-corrected chi connectivity index (χ2v) is 8.02. The van der Waals surface area contributed by atoms with Crippen LogP contribution < -0.4 is 10.3 Å². The summed E-state index contributed by atoms with van der Waals surface area (Å²) < 4.78 is 6.99. The topological polar surface area (TPSA) is 59.9 Å². The van der Waals surface area contributed by atoms with Crippen molar-refractivity contribution in [3.8, 4) is 11.4 Å². The van der Waals surface area contributed by atoms with Gasteiger partial charge in [-0.1, -0.05) is 42.3 Å². The van der Waals surface area contributed by atoms with Gasteiger partial charge in [0.25, 0.3) is 5.56 Å². The van der Waals surface area contributed by atoms with Gasteiger partial charge in [0.2, 0.25) is 0 Å². The molecule has 4 aromatic rings. The average Bonchev–Trinajstić information content (AvgIpc) is 3.06. The summed E-state index contributed by atoms with van der Waals surface area (Å²) in [7, 11) is 1.63. The van der Waals surface area contributed by atoms with Crippen molar-refractivity contribution in [2.24, 2.45) is 0 Å². The molecule has 0 bridgehead atoms. The average molecular weight is 442 g/mol. The standard InChI is InChI=1S/C23H21Cl2N3O2/c1-4-19-21-20(28(27-19)22-17(24)8-13(2)9-18(22)25)12-15(26-23(21)29)10-14-6-5-7-16(11-14)30-3/h5-9,11-12H,4,10H2,1-3H3,(H,26,29). The van der Waals surface area contributed by atoms with Crippen LogP contribution in [0.5, 0.6) is 5.75 Å². The zero-order valence-corrected chi connectivity index (χ0v) is 18.4. The Morgan fingerprint density at radius 2 is 1.87 bits per heavy atom. The summed E-state index contributed by atoms with van der Waals surface area (Å²) in [6.07, 6.45) is 1.16. The minimum Gasteiger partial charge on any atom is -0.497 e. The van der Waals surface area contributed by atoms with Crippen molar-refractivity contribution >= 4 is 34.1 Å². The molecule has 2 heterocycles. The first-order chi connectivity index (χ1) is 14.4. The molecule has 0 aliphatic rings. The molecule has 5 nitrogen and oxygen atoms in total. The van der Waals surface area contributed by atoms with Gasteiger partial charge in [-0.25, -0.2) is 4.68 Å². The van der Waals surface area contributed by atoms with Crippen molar-refractivity contribution < 1.29 is 4.74 Å². The lowest BCUT2D eigenvalue weighted by molar-refractivity contribution is 0.414. The van der Waals surface area contributed by atoms with E-state index in [0.29, 0.717) is 45.2 Å². The molecule has 0 aliphatic carbocycles. The predicted molar refractivity (Wildman–Crippen MR) is 122 cm³/mol. The van der Waals surface area contributed by atoms with E-state index in [-0.39, 0.29) is 5.56 Å². The number of rotatable bonds is 5. The number of aromatic amines is 1. The Kier molecular flexibility index (Phi) is 5.58. The highest BCUT2D eigenvalue weighted by atomic mass is 35.5. The molecule has 0 saturated carbocycles. The molecule has 0 aliphatic heterocycles. The Morgan fingerprint density at radius 1 is 1.13 bits per heavy atom. The number of pyridine rings is 1. The summed E-state index contributed by atoms with van der Waals surface area (Å²) >= 11 is 13.0. The minimum atomic E-state index is -0.173. The summed E-state index contributed by atoms with van der Waals surface area (Å²) in [5, 5.41) is 6.20. The summed E-state index contributed by atoms with van der Waals surface area (Å²) in [6, 6.07) is 13.4. The van der Waals surface area contributed by atoms with Crippen molar-refractivity contribution in [1.82, 2.24) is 14.8 Å². The number of aryl methyl sites for hydroxylation is 2. The maximum absolute atomic E-state index is 13.0. The van der Waals surface area contributed by atoms with E-state index < -0.39 is 0 Å². The van der Waals surface area contributed by atoms with E-state index in [1.54, 1.807) is 11.8 Å². The number of hydrogen-bond acceptors (Lipinski definition) is 3. The number of halogens is 2. The molecule has 1 N–H and O–H groups in total. The minimum absolute atomic E-state index is 0.173. The van der Waals surface area contributed by atoms with E-state index >= 15 is 0 Å². The summed E-state index contributed by atoms with van der Waals surface area (Å²) in [6.45, 7) is 3.89. The molecule has 0 spiro atoms. The SMILES string of the molecule is CCc1nn(-c2c(Cl)cc(C)cc2Cl)c2cc(Cc3cccc(OC)c3)[nH]c(=O)c12. The molecule has 4 rings (SSSR count). The zero-order chi connectivity index (χ0) is 21.4. The van der Waals surface area contributed by atoms with E-state index in [4.69, 9.17) is 27.9 Å². The van der Waals surface area contributed by atoms with Crippen LogP contribution in [0.3, 0.4) is 0 Å². The Bertz CT molecular complexity index is 1280. The van der Waals surface area contributed by atoms with Gasteiger partial charge in [0, 0.05) is 12.1 Å². The fourth-order valence-corrected chi connectivity index (χ4v) is 4.43. The monoisotopic (exact) mass is 441 g/mol. The Labute approximate surface area is 184 Å². The van der Waals surface area contributed by atoms with E-state index in [2.05, 4.69) is 10.1 Å². The number of methoxy groups -OCH3 is 1. The highest BCUT2D eigenvalue weighted by Crippen LogP contribution is 2.32. The molecule has 0 saturated heterocycles. The molecule has 7 heteroatoms. The van der Waals surface area contributed by atoms with Crippen LogP contribution in [0, 0.1) is 6.92 Å². The maximum Gasteiger partial charge on any atom is 0.259 e. The second-order valence-electron chi connectivity index (χ2n) is 7.20. The molecule has 0 radical (unpaired) electrons. The third-order valence-corrected chi connectivity index (χ3v) is 5.62. The molecular weight excluding hydrogens is 421 g/mol. The first-order valence-corrected chi connectivity index (χ1v) is 10.4. The number of aromatic nitrogens is 3. The molecule has 154 valence electrons. The van der Waals surface area contributed by atoms with E-state index in [1.165, 1.54) is 0 Å². The molecule has 2 aromatic heterocycles. The molecule has 0 fully saturated rings. The highest BCUT2D eigenvalue weighted by molar-refractivity contribution is 6.38. The maximum atomic E-state index is 13.0. The summed E-state index contributed by atoms with van der Waals surface area (Å²) in [4.78, 5) is 16.0. The van der Waals surface area contributed by atoms with Crippen LogP contribution in [0.4, 0.5) is 0 Å². The first-order valence-electron chi connectivity index (χ1n) is 9.64. The Hall–Kier alpha value is -2.76. The van der Waals surface area contributed by atoms with Crippen LogP contribution >= 0.6 is 23.2 Å². The van der Waals surface area contributed by atoms with Gasteiger partial charge < -0.3 is 9.72 Å². The molecule has 30 heavy (non-hydrogen) atoms. The second kappa shape index (κ2) is 8.17. The number of hydrogen-bond donors (Lipinski definition) is 1. The molecule has 0 unspecified atom stereocenters. The summed E-state index contributed by atoms with van der Waals surface area (Å²) in [5.74, 6) is 0.771. The molecule has 2 aromatic carbocycles. The van der Waals surface area contributed by atoms with Crippen molar-refractivity contribution in [2.75, 3.05) is 7.11 Å². The lowest BCUT2D eigenvalue weighted by atomic mass is 10.1. The lowest BCUT2D eigenvalue weighted by Crippen LogP contribution is -2.11. The first kappa shape index (κ1) is 20.5. The Morgan fingerprint density at radius 3 is 2.53 bits per heavy atom. The van der Waals surface area contributed by atoms with Crippen LogP contribution in [0.15, 0.2) is 47.3 Å². The molecular formula is C23H21Cl2N3O2. The number of benzene rings is 2. The number of fused-ring (bicyclic) bond motifs is 1. The van der Waals surface area contributed by atoms with Gasteiger partial charge >= 0.3 is 0 Å². The molecule has 0 atom stereocenters. The van der Waals surface area contributed by atoms with Gasteiger partial charge in [-0.05, 0) is 54.8 Å². The van der Waals surface area contributed by atoms with Crippen LogP contribution in [0.1, 0.15) is 29.4 Å². The van der Waals surface area contributed by atoms with Gasteiger partial charge in [0.1, 0.15) is 11.4 Å².